The molecular weight excluding hydrogens is 872 g/mol. The zero-order valence-electron chi connectivity index (χ0n) is 36.8. The molecule has 7 rings (SSSR count). The Labute approximate surface area is 377 Å². The van der Waals surface area contributed by atoms with Gasteiger partial charge in [-0.2, -0.15) is 13.2 Å². The van der Waals surface area contributed by atoms with Crippen molar-refractivity contribution in [2.45, 2.75) is 114 Å². The maximum absolute atomic E-state index is 15.5. The van der Waals surface area contributed by atoms with E-state index in [0.717, 1.165) is 26.0 Å². The average Bonchev–Trinajstić information content (AvgIpc) is 3.26. The summed E-state index contributed by atoms with van der Waals surface area (Å²) in [6, 6.07) is 17.6. The van der Waals surface area contributed by atoms with Gasteiger partial charge in [-0.3, -0.25) is 19.2 Å². The second-order valence-corrected chi connectivity index (χ2v) is 18.1. The summed E-state index contributed by atoms with van der Waals surface area (Å²) in [5.41, 5.74) is -9.63. The molecule has 4 aliphatic rings. The van der Waals surface area contributed by atoms with Crippen molar-refractivity contribution in [3.63, 3.8) is 0 Å². The number of aliphatic hydroxyl groups is 3. The number of hydrogen-bond acceptors (Lipinski definition) is 14. The number of carbonyl (C=O) groups is 6. The lowest BCUT2D eigenvalue weighted by Gasteiger charge is -2.67. The molecule has 2 bridgehead atoms. The lowest BCUT2D eigenvalue weighted by atomic mass is 9.44. The first-order valence-electron chi connectivity index (χ1n) is 21.2. The summed E-state index contributed by atoms with van der Waals surface area (Å²) in [6.45, 7) is 7.26. The molecule has 0 spiro atoms. The molecule has 3 aromatic carbocycles. The Morgan fingerprint density at radius 2 is 1.45 bits per heavy atom. The van der Waals surface area contributed by atoms with Gasteiger partial charge in [-0.1, -0.05) is 62.4 Å². The smallest absolute Gasteiger partial charge is 0.416 e. The first-order chi connectivity index (χ1) is 30.9. The summed E-state index contributed by atoms with van der Waals surface area (Å²) in [5.74, 6) is -7.86. The van der Waals surface area contributed by atoms with Crippen LogP contribution in [0.5, 0.6) is 0 Å². The van der Waals surface area contributed by atoms with Gasteiger partial charge < -0.3 is 44.3 Å². The number of aliphatic hydroxyl groups excluding tert-OH is 2. The number of carbonyl (C=O) groups excluding carboxylic acids is 6. The zero-order valence-corrected chi connectivity index (χ0v) is 36.8. The number of esters is 4. The minimum atomic E-state index is -4.77. The summed E-state index contributed by atoms with van der Waals surface area (Å²) in [6.07, 6.45) is -16.4. The van der Waals surface area contributed by atoms with E-state index in [0.29, 0.717) is 17.7 Å². The van der Waals surface area contributed by atoms with E-state index in [1.54, 1.807) is 48.5 Å². The molecule has 0 radical (unpaired) electrons. The normalized spacial score (nSPS) is 30.9. The van der Waals surface area contributed by atoms with E-state index in [-0.39, 0.29) is 23.1 Å². The molecule has 4 N–H and O–H groups in total. The highest BCUT2D eigenvalue weighted by molar-refractivity contribution is 5.96. The predicted molar refractivity (Wildman–Crippen MR) is 223 cm³/mol. The van der Waals surface area contributed by atoms with Gasteiger partial charge in [0.15, 0.2) is 23.6 Å². The van der Waals surface area contributed by atoms with Crippen molar-refractivity contribution < 1.29 is 80.9 Å². The number of ketones is 1. The molecule has 15 nitrogen and oxygen atoms in total. The number of fused-ring (bicyclic) bond motifs is 5. The van der Waals surface area contributed by atoms with Gasteiger partial charge in [-0.15, -0.1) is 0 Å². The van der Waals surface area contributed by atoms with Crippen LogP contribution in [0.2, 0.25) is 0 Å². The highest BCUT2D eigenvalue weighted by Crippen LogP contribution is 2.64. The van der Waals surface area contributed by atoms with Crippen molar-refractivity contribution in [1.29, 1.82) is 0 Å². The van der Waals surface area contributed by atoms with Gasteiger partial charge in [-0.25, -0.2) is 9.59 Å². The number of Topliss-reactive ketones (excluding diaryl/α,β-unsaturated/α-hetero) is 1. The fraction of sp³-hybridized carbons (Fsp3) is 0.458. The van der Waals surface area contributed by atoms with Crippen LogP contribution in [0.4, 0.5) is 13.2 Å². The van der Waals surface area contributed by atoms with Crippen molar-refractivity contribution in [1.82, 2.24) is 5.32 Å². The van der Waals surface area contributed by atoms with Gasteiger partial charge in [0.1, 0.15) is 23.9 Å². The topological polar surface area (TPSA) is 221 Å². The summed E-state index contributed by atoms with van der Waals surface area (Å²) < 4.78 is 70.7. The largest absolute Gasteiger partial charge is 0.456 e. The number of nitrogens with one attached hydrogen (secondary N) is 1. The third kappa shape index (κ3) is 8.07. The summed E-state index contributed by atoms with van der Waals surface area (Å²) in [4.78, 5) is 83.6. The molecule has 352 valence electrons. The number of rotatable bonds is 10. The molecule has 1 amide bonds. The van der Waals surface area contributed by atoms with Crippen LogP contribution >= 0.6 is 0 Å². The Balaban J connectivity index is 1.39. The van der Waals surface area contributed by atoms with E-state index < -0.39 is 137 Å². The molecule has 1 saturated heterocycles. The number of alkyl halides is 3. The highest BCUT2D eigenvalue weighted by atomic mass is 19.4. The zero-order chi connectivity index (χ0) is 48.3. The van der Waals surface area contributed by atoms with Gasteiger partial charge in [0.2, 0.25) is 0 Å². The molecule has 3 aromatic rings. The van der Waals surface area contributed by atoms with E-state index in [9.17, 15) is 52.5 Å². The standard InChI is InChI=1S/C48H50F3NO14/c1-24-31(64-43(60)36(56)35(27-13-9-7-10-14-27)52-41(58)28-15-11-8-12-16-28)22-47(61)40(65-42(59)29-17-19-30(20-18-29)48(49,50)51)38-45(6,32(55)21-33-46(38,23-62-33)66-26(3)54)39(57)37(63-25(2)53)34(24)44(47,4)5/h7-20,31-33,35-38,40,55-56,61H,21-23H2,1-6H3,(H,52,58)/t31-,32-,33+,35-,36+,37+,38?,40-,45+,46-,47+/m0/s1. The van der Waals surface area contributed by atoms with Gasteiger partial charge in [0.05, 0.1) is 41.2 Å². The number of hydrogen-bond donors (Lipinski definition) is 4. The first-order valence-corrected chi connectivity index (χ1v) is 21.2. The van der Waals surface area contributed by atoms with Crippen molar-refractivity contribution in [3.8, 4) is 0 Å². The molecule has 3 fully saturated rings. The van der Waals surface area contributed by atoms with Crippen molar-refractivity contribution >= 4 is 35.6 Å². The highest BCUT2D eigenvalue weighted by Gasteiger charge is 2.78. The molecule has 2 saturated carbocycles. The van der Waals surface area contributed by atoms with Crippen LogP contribution in [0.1, 0.15) is 92.3 Å². The van der Waals surface area contributed by atoms with E-state index in [1.807, 2.05) is 0 Å². The van der Waals surface area contributed by atoms with Crippen LogP contribution in [-0.2, 0) is 49.0 Å². The fourth-order valence-electron chi connectivity index (χ4n) is 10.4. The van der Waals surface area contributed by atoms with E-state index in [4.69, 9.17) is 23.7 Å². The second-order valence-electron chi connectivity index (χ2n) is 18.1. The molecule has 18 heteroatoms. The van der Waals surface area contributed by atoms with Crippen molar-refractivity contribution in [3.05, 3.63) is 118 Å². The van der Waals surface area contributed by atoms with Crippen LogP contribution < -0.4 is 5.32 Å². The van der Waals surface area contributed by atoms with E-state index in [1.165, 1.54) is 39.8 Å². The van der Waals surface area contributed by atoms with E-state index >= 15 is 4.79 Å². The molecule has 0 aromatic heterocycles. The Hall–Kier alpha value is -5.95. The molecule has 1 heterocycles. The summed E-state index contributed by atoms with van der Waals surface area (Å²) in [5, 5.41) is 40.2. The number of ether oxygens (including phenoxy) is 5. The van der Waals surface area contributed by atoms with Crippen LogP contribution in [0.3, 0.4) is 0 Å². The molecular formula is C48H50F3NO14. The minimum Gasteiger partial charge on any atom is -0.456 e. The van der Waals surface area contributed by atoms with Gasteiger partial charge in [0.25, 0.3) is 5.91 Å². The third-order valence-electron chi connectivity index (χ3n) is 13.9. The number of benzene rings is 3. The fourth-order valence-corrected chi connectivity index (χ4v) is 10.4. The lowest BCUT2D eigenvalue weighted by molar-refractivity contribution is -0.346. The first kappa shape index (κ1) is 48.0. The van der Waals surface area contributed by atoms with Gasteiger partial charge >= 0.3 is 30.1 Å². The molecule has 11 atom stereocenters. The average molecular weight is 922 g/mol. The quantitative estimate of drug-likeness (QED) is 0.123. The Bertz CT molecular complexity index is 2440. The third-order valence-corrected chi connectivity index (χ3v) is 13.9. The predicted octanol–water partition coefficient (Wildman–Crippen LogP) is 4.75. The Morgan fingerprint density at radius 3 is 2.00 bits per heavy atom. The van der Waals surface area contributed by atoms with Crippen LogP contribution in [0.25, 0.3) is 0 Å². The van der Waals surface area contributed by atoms with Crippen LogP contribution in [0, 0.1) is 16.7 Å². The monoisotopic (exact) mass is 921 g/mol. The SMILES string of the molecule is CC(=O)O[C@H]1C(=O)[C@@]2(C)C([C@H](OC(=O)c3ccc(C(F)(F)F)cc3)[C@]3(O)C[C@H](OC(=O)[C@H](O)[C@@H](NC(=O)c4ccccc4)c4ccccc4)C(C)=C1C3(C)C)[C@]1(OC(C)=O)CO[C@@H]1C[C@@H]2O. The summed E-state index contributed by atoms with van der Waals surface area (Å²) in [7, 11) is 0. The van der Waals surface area contributed by atoms with Gasteiger partial charge in [0, 0.05) is 37.7 Å². The number of amides is 1. The molecule has 66 heavy (non-hydrogen) atoms. The summed E-state index contributed by atoms with van der Waals surface area (Å²) >= 11 is 0. The van der Waals surface area contributed by atoms with Crippen molar-refractivity contribution in [2.75, 3.05) is 6.61 Å². The Kier molecular flexibility index (Phi) is 12.6. The van der Waals surface area contributed by atoms with Crippen molar-refractivity contribution in [2.24, 2.45) is 16.7 Å². The molecule has 3 aliphatic carbocycles. The maximum atomic E-state index is 15.5. The maximum Gasteiger partial charge on any atom is 0.416 e. The van der Waals surface area contributed by atoms with Gasteiger partial charge in [-0.05, 0) is 67.0 Å². The molecule has 1 aliphatic heterocycles. The Morgan fingerprint density at radius 1 is 0.848 bits per heavy atom. The lowest BCUT2D eigenvalue weighted by Crippen LogP contribution is -2.82. The second kappa shape index (κ2) is 17.4. The molecule has 1 unspecified atom stereocenters. The van der Waals surface area contributed by atoms with Crippen LogP contribution in [-0.4, -0.2) is 105 Å². The van der Waals surface area contributed by atoms with E-state index in [2.05, 4.69) is 5.32 Å². The van der Waals surface area contributed by atoms with Crippen LogP contribution in [0.15, 0.2) is 96.1 Å². The number of halogens is 3. The minimum absolute atomic E-state index is 0.0640.